The molecule has 3 aromatic rings. The predicted molar refractivity (Wildman–Crippen MR) is 94.5 cm³/mol. The van der Waals surface area contributed by atoms with Gasteiger partial charge >= 0.3 is 0 Å². The Labute approximate surface area is 138 Å². The standard InChI is InChI=1S/C18H17N3O3/c1-11(22)20-13-5-3-4-12(8-13)19-10-16-15-9-14(24-2)6-7-17(15)21-18(16)23/h3-10,21,23H,1-2H3,(H,20,22). The third-order valence-electron chi connectivity index (χ3n) is 3.53. The van der Waals surface area contributed by atoms with E-state index in [1.807, 2.05) is 24.3 Å². The minimum atomic E-state index is -0.141. The number of fused-ring (bicyclic) bond motifs is 1. The van der Waals surface area contributed by atoms with Gasteiger partial charge in [-0.3, -0.25) is 9.79 Å². The van der Waals surface area contributed by atoms with Crippen molar-refractivity contribution in [2.75, 3.05) is 12.4 Å². The molecule has 122 valence electrons. The maximum atomic E-state index is 11.1. The van der Waals surface area contributed by atoms with Crippen molar-refractivity contribution in [3.05, 3.63) is 48.0 Å². The number of aromatic nitrogens is 1. The lowest BCUT2D eigenvalue weighted by molar-refractivity contribution is -0.114. The van der Waals surface area contributed by atoms with Gasteiger partial charge in [-0.05, 0) is 36.4 Å². The van der Waals surface area contributed by atoms with Crippen LogP contribution in [0.3, 0.4) is 0 Å². The molecule has 0 aliphatic heterocycles. The fraction of sp³-hybridized carbons (Fsp3) is 0.111. The molecule has 2 aromatic carbocycles. The Hall–Kier alpha value is -3.28. The number of aromatic hydroxyl groups is 1. The molecule has 0 fully saturated rings. The highest BCUT2D eigenvalue weighted by molar-refractivity contribution is 6.03. The quantitative estimate of drug-likeness (QED) is 0.641. The zero-order valence-corrected chi connectivity index (χ0v) is 13.3. The molecule has 0 bridgehead atoms. The Morgan fingerprint density at radius 1 is 1.29 bits per heavy atom. The molecule has 6 nitrogen and oxygen atoms in total. The third-order valence-corrected chi connectivity index (χ3v) is 3.53. The summed E-state index contributed by atoms with van der Waals surface area (Å²) in [6.45, 7) is 1.45. The van der Waals surface area contributed by atoms with Gasteiger partial charge in [-0.2, -0.15) is 0 Å². The molecule has 3 N–H and O–H groups in total. The van der Waals surface area contributed by atoms with Gasteiger partial charge in [0, 0.05) is 29.7 Å². The van der Waals surface area contributed by atoms with E-state index in [9.17, 15) is 9.90 Å². The summed E-state index contributed by atoms with van der Waals surface area (Å²) in [5.74, 6) is 0.598. The normalized spacial score (nSPS) is 11.1. The molecule has 0 spiro atoms. The molecule has 3 rings (SSSR count). The molecule has 0 saturated carbocycles. The van der Waals surface area contributed by atoms with Crippen LogP contribution in [0.4, 0.5) is 11.4 Å². The van der Waals surface area contributed by atoms with Crippen LogP contribution in [0.15, 0.2) is 47.5 Å². The number of H-pyrrole nitrogens is 1. The molecular formula is C18H17N3O3. The molecule has 1 amide bonds. The summed E-state index contributed by atoms with van der Waals surface area (Å²) in [6, 6.07) is 12.6. The number of carbonyl (C=O) groups excluding carboxylic acids is 1. The summed E-state index contributed by atoms with van der Waals surface area (Å²) in [5.41, 5.74) is 2.70. The number of aromatic amines is 1. The van der Waals surface area contributed by atoms with E-state index in [1.54, 1.807) is 31.5 Å². The van der Waals surface area contributed by atoms with Crippen LogP contribution in [0, 0.1) is 0 Å². The third kappa shape index (κ3) is 3.22. The van der Waals surface area contributed by atoms with Crippen molar-refractivity contribution in [2.24, 2.45) is 4.99 Å². The lowest BCUT2D eigenvalue weighted by Crippen LogP contribution is -2.05. The Bertz CT molecular complexity index is 928. The zero-order chi connectivity index (χ0) is 17.1. The number of methoxy groups -OCH3 is 1. The fourth-order valence-corrected chi connectivity index (χ4v) is 2.44. The second-order valence-electron chi connectivity index (χ2n) is 5.29. The van der Waals surface area contributed by atoms with Crippen LogP contribution in [0.25, 0.3) is 10.9 Å². The molecule has 0 radical (unpaired) electrons. The van der Waals surface area contributed by atoms with Crippen molar-refractivity contribution in [3.8, 4) is 11.6 Å². The highest BCUT2D eigenvalue weighted by atomic mass is 16.5. The minimum Gasteiger partial charge on any atom is -0.497 e. The molecule has 0 aliphatic carbocycles. The number of hydrogen-bond acceptors (Lipinski definition) is 4. The van der Waals surface area contributed by atoms with E-state index in [0.29, 0.717) is 22.7 Å². The fourth-order valence-electron chi connectivity index (χ4n) is 2.44. The first-order valence-electron chi connectivity index (χ1n) is 7.37. The molecule has 1 heterocycles. The number of benzene rings is 2. The largest absolute Gasteiger partial charge is 0.497 e. The van der Waals surface area contributed by atoms with Crippen molar-refractivity contribution in [1.29, 1.82) is 0 Å². The van der Waals surface area contributed by atoms with E-state index in [0.717, 1.165) is 10.9 Å². The van der Waals surface area contributed by atoms with Crippen LogP contribution in [-0.2, 0) is 4.79 Å². The number of nitrogens with one attached hydrogen (secondary N) is 2. The van der Waals surface area contributed by atoms with E-state index in [-0.39, 0.29) is 11.8 Å². The summed E-state index contributed by atoms with van der Waals surface area (Å²) in [4.78, 5) is 18.4. The van der Waals surface area contributed by atoms with Gasteiger partial charge in [0.15, 0.2) is 5.88 Å². The van der Waals surface area contributed by atoms with Gasteiger partial charge in [0.1, 0.15) is 5.75 Å². The van der Waals surface area contributed by atoms with Crippen molar-refractivity contribution in [1.82, 2.24) is 4.98 Å². The first-order valence-corrected chi connectivity index (χ1v) is 7.37. The van der Waals surface area contributed by atoms with Crippen molar-refractivity contribution in [3.63, 3.8) is 0 Å². The van der Waals surface area contributed by atoms with Crippen LogP contribution in [0.1, 0.15) is 12.5 Å². The lowest BCUT2D eigenvalue weighted by atomic mass is 10.1. The SMILES string of the molecule is COc1ccc2[nH]c(O)c(C=Nc3cccc(NC(C)=O)c3)c2c1. The first kappa shape index (κ1) is 15.6. The van der Waals surface area contributed by atoms with E-state index >= 15 is 0 Å². The number of rotatable bonds is 4. The van der Waals surface area contributed by atoms with Crippen LogP contribution in [0.2, 0.25) is 0 Å². The van der Waals surface area contributed by atoms with Gasteiger partial charge in [-0.1, -0.05) is 6.07 Å². The second-order valence-corrected chi connectivity index (χ2v) is 5.29. The van der Waals surface area contributed by atoms with Crippen molar-refractivity contribution in [2.45, 2.75) is 6.92 Å². The number of ether oxygens (including phenoxy) is 1. The summed E-state index contributed by atoms with van der Waals surface area (Å²) < 4.78 is 5.22. The number of hydrogen-bond donors (Lipinski definition) is 3. The molecule has 0 aliphatic rings. The Kier molecular flexibility index (Phi) is 4.20. The van der Waals surface area contributed by atoms with Gasteiger partial charge in [0.2, 0.25) is 5.91 Å². The van der Waals surface area contributed by atoms with E-state index < -0.39 is 0 Å². The number of carbonyl (C=O) groups is 1. The van der Waals surface area contributed by atoms with Crippen molar-refractivity contribution >= 4 is 34.4 Å². The van der Waals surface area contributed by atoms with Gasteiger partial charge in [-0.25, -0.2) is 0 Å². The Balaban J connectivity index is 1.95. The molecule has 24 heavy (non-hydrogen) atoms. The first-order chi connectivity index (χ1) is 11.6. The van der Waals surface area contributed by atoms with Gasteiger partial charge in [0.05, 0.1) is 18.4 Å². The predicted octanol–water partition coefficient (Wildman–Crippen LogP) is 3.59. The van der Waals surface area contributed by atoms with Gasteiger partial charge in [0.25, 0.3) is 0 Å². The summed E-state index contributed by atoms with van der Waals surface area (Å²) in [6.07, 6.45) is 1.58. The number of aliphatic imine (C=N–C) groups is 1. The molecule has 0 saturated heterocycles. The highest BCUT2D eigenvalue weighted by Crippen LogP contribution is 2.29. The Morgan fingerprint density at radius 2 is 2.12 bits per heavy atom. The monoisotopic (exact) mass is 323 g/mol. The number of nitrogens with zero attached hydrogens (tertiary/aromatic N) is 1. The number of amides is 1. The van der Waals surface area contributed by atoms with Crippen LogP contribution in [0.5, 0.6) is 11.6 Å². The Morgan fingerprint density at radius 3 is 2.88 bits per heavy atom. The topological polar surface area (TPSA) is 86.7 Å². The molecular weight excluding hydrogens is 306 g/mol. The van der Waals surface area contributed by atoms with Crippen molar-refractivity contribution < 1.29 is 14.6 Å². The lowest BCUT2D eigenvalue weighted by Gasteiger charge is -2.02. The smallest absolute Gasteiger partial charge is 0.221 e. The highest BCUT2D eigenvalue weighted by Gasteiger charge is 2.09. The molecule has 0 unspecified atom stereocenters. The van der Waals surface area contributed by atoms with Crippen LogP contribution < -0.4 is 10.1 Å². The van der Waals surface area contributed by atoms with E-state index in [2.05, 4.69) is 15.3 Å². The summed E-state index contributed by atoms with van der Waals surface area (Å²) >= 11 is 0. The van der Waals surface area contributed by atoms with Crippen LogP contribution in [-0.4, -0.2) is 29.3 Å². The zero-order valence-electron chi connectivity index (χ0n) is 13.3. The van der Waals surface area contributed by atoms with Gasteiger partial charge in [-0.15, -0.1) is 0 Å². The summed E-state index contributed by atoms with van der Waals surface area (Å²) in [7, 11) is 1.59. The van der Waals surface area contributed by atoms with E-state index in [1.165, 1.54) is 6.92 Å². The second kappa shape index (κ2) is 6.45. The molecule has 6 heteroatoms. The minimum absolute atomic E-state index is 0.0417. The van der Waals surface area contributed by atoms with E-state index in [4.69, 9.17) is 4.74 Å². The number of anilines is 1. The molecule has 0 atom stereocenters. The van der Waals surface area contributed by atoms with Gasteiger partial charge < -0.3 is 20.1 Å². The average Bonchev–Trinajstić information content (AvgIpc) is 2.87. The molecule has 1 aromatic heterocycles. The average molecular weight is 323 g/mol. The summed E-state index contributed by atoms with van der Waals surface area (Å²) in [5, 5.41) is 13.6. The van der Waals surface area contributed by atoms with Crippen LogP contribution >= 0.6 is 0 Å². The maximum Gasteiger partial charge on any atom is 0.221 e. The maximum absolute atomic E-state index is 11.1.